The van der Waals surface area contributed by atoms with Crippen molar-refractivity contribution in [3.05, 3.63) is 77.9 Å². The van der Waals surface area contributed by atoms with E-state index in [0.717, 1.165) is 23.4 Å². The van der Waals surface area contributed by atoms with E-state index in [9.17, 15) is 22.8 Å². The van der Waals surface area contributed by atoms with Gasteiger partial charge in [0, 0.05) is 36.3 Å². The fourth-order valence-corrected chi connectivity index (χ4v) is 4.11. The number of fused-ring (bicyclic) bond motifs is 2. The van der Waals surface area contributed by atoms with E-state index in [2.05, 4.69) is 15.3 Å². The molecule has 0 fully saturated rings. The number of anilines is 1. The van der Waals surface area contributed by atoms with E-state index in [1.54, 1.807) is 29.2 Å². The molecule has 3 heterocycles. The fourth-order valence-electron chi connectivity index (χ4n) is 4.11. The van der Waals surface area contributed by atoms with Crippen LogP contribution in [0.15, 0.2) is 61.1 Å². The van der Waals surface area contributed by atoms with E-state index in [0.29, 0.717) is 42.0 Å². The third-order valence-corrected chi connectivity index (χ3v) is 5.95. The molecule has 0 aliphatic carbocycles. The summed E-state index contributed by atoms with van der Waals surface area (Å²) in [7, 11) is 0. The van der Waals surface area contributed by atoms with Crippen molar-refractivity contribution in [3.63, 3.8) is 0 Å². The number of nitrogens with zero attached hydrogens (tertiary/aromatic N) is 4. The molecule has 2 amide bonds. The van der Waals surface area contributed by atoms with Gasteiger partial charge >= 0.3 is 12.2 Å². The number of benzene rings is 2. The lowest BCUT2D eigenvalue weighted by Gasteiger charge is -2.27. The Hall–Kier alpha value is -4.41. The van der Waals surface area contributed by atoms with Gasteiger partial charge in [-0.15, -0.1) is 0 Å². The quantitative estimate of drug-likeness (QED) is 0.421. The largest absolute Gasteiger partial charge is 0.439 e. The van der Waals surface area contributed by atoms with Crippen molar-refractivity contribution in [1.82, 2.24) is 19.4 Å². The molecule has 0 saturated heterocycles. The number of halogens is 3. The predicted molar refractivity (Wildman–Crippen MR) is 125 cm³/mol. The highest BCUT2D eigenvalue weighted by Crippen LogP contribution is 2.32. The molecule has 8 nitrogen and oxygen atoms in total. The Morgan fingerprint density at radius 2 is 1.92 bits per heavy atom. The maximum atomic E-state index is 13.0. The highest BCUT2D eigenvalue weighted by molar-refractivity contribution is 5.98. The predicted octanol–water partition coefficient (Wildman–Crippen LogP) is 5.23. The number of carbonyl (C=O) groups is 2. The highest BCUT2D eigenvalue weighted by Gasteiger charge is 2.30. The number of amides is 2. The fraction of sp³-hybridized carbons (Fsp3) is 0.200. The Labute approximate surface area is 203 Å². The minimum absolute atomic E-state index is 0.0196. The normalized spacial score (nSPS) is 13.4. The third kappa shape index (κ3) is 4.59. The van der Waals surface area contributed by atoms with Crippen molar-refractivity contribution < 1.29 is 27.5 Å². The van der Waals surface area contributed by atoms with Crippen LogP contribution in [0.2, 0.25) is 0 Å². The summed E-state index contributed by atoms with van der Waals surface area (Å²) in [6.07, 6.45) is -1.02. The van der Waals surface area contributed by atoms with E-state index in [1.807, 2.05) is 0 Å². The van der Waals surface area contributed by atoms with E-state index in [-0.39, 0.29) is 11.6 Å². The number of hydrogen-bond acceptors (Lipinski definition) is 5. The second-order valence-electron chi connectivity index (χ2n) is 8.31. The molecule has 2 aromatic heterocycles. The minimum atomic E-state index is -4.51. The van der Waals surface area contributed by atoms with Crippen LogP contribution in [0.5, 0.6) is 11.6 Å². The molecule has 184 valence electrons. The summed E-state index contributed by atoms with van der Waals surface area (Å²) in [4.78, 5) is 34.7. The topological polar surface area (TPSA) is 89.4 Å². The Morgan fingerprint density at radius 1 is 1.08 bits per heavy atom. The maximum absolute atomic E-state index is 13.0. The molecule has 4 aromatic rings. The monoisotopic (exact) mass is 495 g/mol. The lowest BCUT2D eigenvalue weighted by atomic mass is 10.1. The van der Waals surface area contributed by atoms with Gasteiger partial charge in [0.1, 0.15) is 12.1 Å². The molecule has 1 N–H and O–H groups in total. The van der Waals surface area contributed by atoms with E-state index in [1.165, 1.54) is 36.1 Å². The van der Waals surface area contributed by atoms with Crippen LogP contribution in [-0.2, 0) is 23.9 Å². The number of rotatable bonds is 3. The minimum Gasteiger partial charge on any atom is -0.439 e. The van der Waals surface area contributed by atoms with Gasteiger partial charge in [-0.1, -0.05) is 6.07 Å². The molecule has 0 saturated carbocycles. The van der Waals surface area contributed by atoms with Crippen LogP contribution in [-0.4, -0.2) is 37.9 Å². The zero-order valence-corrected chi connectivity index (χ0v) is 19.0. The number of carbonyl (C=O) groups excluding carboxylic acids is 2. The zero-order valence-electron chi connectivity index (χ0n) is 19.0. The maximum Gasteiger partial charge on any atom is 0.416 e. The van der Waals surface area contributed by atoms with E-state index < -0.39 is 17.8 Å². The van der Waals surface area contributed by atoms with Crippen LogP contribution < -0.4 is 10.1 Å². The second kappa shape index (κ2) is 8.99. The summed E-state index contributed by atoms with van der Waals surface area (Å²) in [5, 5.41) is 3.19. The van der Waals surface area contributed by atoms with Crippen LogP contribution in [0.4, 0.5) is 23.7 Å². The van der Waals surface area contributed by atoms with Crippen molar-refractivity contribution in [2.24, 2.45) is 0 Å². The molecule has 36 heavy (non-hydrogen) atoms. The van der Waals surface area contributed by atoms with Crippen LogP contribution in [0.25, 0.3) is 10.9 Å². The van der Waals surface area contributed by atoms with Gasteiger partial charge in [0.15, 0.2) is 0 Å². The molecular formula is C25H20F3N5O3. The van der Waals surface area contributed by atoms with E-state index in [4.69, 9.17) is 4.74 Å². The SMILES string of the molecule is CC(=O)N1CCc2c(ncnc2Oc2ccc3c(ccn3C(=O)Nc3cccc(C(F)(F)F)c3)c2)C1. The van der Waals surface area contributed by atoms with Crippen molar-refractivity contribution in [1.29, 1.82) is 0 Å². The Morgan fingerprint density at radius 3 is 2.69 bits per heavy atom. The Bertz CT molecular complexity index is 1480. The van der Waals surface area contributed by atoms with Gasteiger partial charge in [-0.2, -0.15) is 13.2 Å². The van der Waals surface area contributed by atoms with Crippen molar-refractivity contribution in [3.8, 4) is 11.6 Å². The Balaban J connectivity index is 1.35. The first-order chi connectivity index (χ1) is 17.2. The van der Waals surface area contributed by atoms with Crippen LogP contribution >= 0.6 is 0 Å². The third-order valence-electron chi connectivity index (χ3n) is 5.95. The summed E-state index contributed by atoms with van der Waals surface area (Å²) in [6, 6.07) is 10.7. The molecule has 0 spiro atoms. The Kier molecular flexibility index (Phi) is 5.83. The lowest BCUT2D eigenvalue weighted by molar-refractivity contribution is -0.137. The number of nitrogens with one attached hydrogen (secondary N) is 1. The number of ether oxygens (including phenoxy) is 1. The van der Waals surface area contributed by atoms with Crippen LogP contribution in [0.1, 0.15) is 23.7 Å². The van der Waals surface area contributed by atoms with Gasteiger partial charge in [-0.25, -0.2) is 14.8 Å². The van der Waals surface area contributed by atoms with E-state index >= 15 is 0 Å². The van der Waals surface area contributed by atoms with Gasteiger partial charge in [0.25, 0.3) is 0 Å². The van der Waals surface area contributed by atoms with Gasteiger partial charge in [-0.3, -0.25) is 9.36 Å². The number of alkyl halides is 3. The smallest absolute Gasteiger partial charge is 0.416 e. The first-order valence-electron chi connectivity index (χ1n) is 11.0. The van der Waals surface area contributed by atoms with Crippen LogP contribution in [0.3, 0.4) is 0 Å². The molecule has 5 rings (SSSR count). The second-order valence-corrected chi connectivity index (χ2v) is 8.31. The zero-order chi connectivity index (χ0) is 25.4. The summed E-state index contributed by atoms with van der Waals surface area (Å²) in [5.41, 5.74) is 1.32. The number of aromatic nitrogens is 3. The highest BCUT2D eigenvalue weighted by atomic mass is 19.4. The molecule has 2 aromatic carbocycles. The molecule has 0 bridgehead atoms. The van der Waals surface area contributed by atoms with Crippen LogP contribution in [0, 0.1) is 0 Å². The molecule has 11 heteroatoms. The van der Waals surface area contributed by atoms with Gasteiger partial charge in [0.05, 0.1) is 23.3 Å². The molecule has 0 atom stereocenters. The lowest BCUT2D eigenvalue weighted by Crippen LogP contribution is -2.35. The average Bonchev–Trinajstić information content (AvgIpc) is 3.27. The summed E-state index contributed by atoms with van der Waals surface area (Å²) < 4.78 is 46.2. The number of hydrogen-bond donors (Lipinski definition) is 1. The molecule has 0 unspecified atom stereocenters. The van der Waals surface area contributed by atoms with Gasteiger partial charge in [0.2, 0.25) is 11.8 Å². The summed E-state index contributed by atoms with van der Waals surface area (Å²) in [5.74, 6) is 0.881. The average molecular weight is 495 g/mol. The van der Waals surface area contributed by atoms with Crippen molar-refractivity contribution >= 4 is 28.5 Å². The molecule has 0 radical (unpaired) electrons. The van der Waals surface area contributed by atoms with Gasteiger partial charge in [-0.05, 0) is 48.9 Å². The molecular weight excluding hydrogens is 475 g/mol. The summed E-state index contributed by atoms with van der Waals surface area (Å²) >= 11 is 0. The first-order valence-corrected chi connectivity index (χ1v) is 11.0. The van der Waals surface area contributed by atoms with Crippen molar-refractivity contribution in [2.75, 3.05) is 11.9 Å². The standard InChI is InChI=1S/C25H20F3N5O3/c1-15(34)32-9-8-20-21(13-32)29-14-30-23(20)36-19-5-6-22-16(11-19)7-10-33(22)24(35)31-18-4-2-3-17(12-18)25(26,27)28/h2-7,10-12,14H,8-9,13H2,1H3,(H,31,35). The van der Waals surface area contributed by atoms with Gasteiger partial charge < -0.3 is 15.0 Å². The first kappa shape index (κ1) is 23.3. The summed E-state index contributed by atoms with van der Waals surface area (Å²) in [6.45, 7) is 2.46. The molecule has 1 aliphatic heterocycles. The van der Waals surface area contributed by atoms with Crippen molar-refractivity contribution in [2.45, 2.75) is 26.1 Å². The molecule has 1 aliphatic rings.